The highest BCUT2D eigenvalue weighted by Crippen LogP contribution is 2.13. The number of likely N-dealkylation sites (tertiary alicyclic amines) is 1. The van der Waals surface area contributed by atoms with Crippen LogP contribution in [0.2, 0.25) is 0 Å². The largest absolute Gasteiger partial charge is 0.480 e. The van der Waals surface area contributed by atoms with Crippen LogP contribution in [0.1, 0.15) is 12.8 Å². The molecule has 2 N–H and O–H groups in total. The average Bonchev–Trinajstić information content (AvgIpc) is 2.34. The fourth-order valence-electron chi connectivity index (χ4n) is 1.70. The van der Waals surface area contributed by atoms with Crippen LogP contribution in [0, 0.1) is 0 Å². The Morgan fingerprint density at radius 1 is 1.44 bits per heavy atom. The molecule has 0 aromatic heterocycles. The Bertz CT molecular complexity index is 327. The van der Waals surface area contributed by atoms with E-state index in [1.54, 1.807) is 4.90 Å². The Kier molecular flexibility index (Phi) is 6.14. The van der Waals surface area contributed by atoms with Gasteiger partial charge in [0.1, 0.15) is 6.61 Å². The monoisotopic (exact) mass is 320 g/mol. The van der Waals surface area contributed by atoms with Gasteiger partial charge in [-0.2, -0.15) is 0 Å². The van der Waals surface area contributed by atoms with Gasteiger partial charge in [-0.15, -0.1) is 0 Å². The number of nitrogens with zero attached hydrogens (tertiary/aromatic N) is 1. The zero-order chi connectivity index (χ0) is 13.5. The molecule has 0 saturated carbocycles. The van der Waals surface area contributed by atoms with Crippen LogP contribution in [-0.2, 0) is 9.53 Å². The Morgan fingerprint density at radius 2 is 2.06 bits per heavy atom. The molecule has 0 spiro atoms. The lowest BCUT2D eigenvalue weighted by atomic mass is 10.1. The molecule has 7 heteroatoms. The predicted octanol–water partition coefficient (Wildman–Crippen LogP) is 1.17. The first-order valence-corrected chi connectivity index (χ1v) is 6.47. The number of halogens is 1. The quantitative estimate of drug-likeness (QED) is 0.797. The first-order valence-electron chi connectivity index (χ1n) is 5.68. The second-order valence-electron chi connectivity index (χ2n) is 4.07. The number of amides is 2. The highest BCUT2D eigenvalue weighted by atomic mass is 79.9. The summed E-state index contributed by atoms with van der Waals surface area (Å²) in [6, 6.07) is -0.132. The van der Waals surface area contributed by atoms with Gasteiger partial charge in [-0.25, -0.2) is 9.59 Å². The first kappa shape index (κ1) is 15.0. The van der Waals surface area contributed by atoms with Crippen molar-refractivity contribution < 1.29 is 19.4 Å². The molecule has 1 aliphatic rings. The van der Waals surface area contributed by atoms with Gasteiger partial charge < -0.3 is 20.1 Å². The minimum absolute atomic E-state index is 0.0729. The summed E-state index contributed by atoms with van der Waals surface area (Å²) in [6.07, 6.45) is 1.25. The lowest BCUT2D eigenvalue weighted by Crippen LogP contribution is -2.46. The van der Waals surface area contributed by atoms with E-state index < -0.39 is 5.97 Å². The van der Waals surface area contributed by atoms with E-state index in [2.05, 4.69) is 27.8 Å². The summed E-state index contributed by atoms with van der Waals surface area (Å²) < 4.78 is 5.91. The van der Waals surface area contributed by atoms with Gasteiger partial charge in [0, 0.05) is 17.6 Å². The van der Waals surface area contributed by atoms with Crippen LogP contribution >= 0.6 is 15.9 Å². The number of carboxylic acids is 1. The second-order valence-corrected chi connectivity index (χ2v) is 5.19. The summed E-state index contributed by atoms with van der Waals surface area (Å²) in [7, 11) is 0. The van der Waals surface area contributed by atoms with E-state index in [1.165, 1.54) is 0 Å². The van der Waals surface area contributed by atoms with Gasteiger partial charge in [-0.3, -0.25) is 0 Å². The number of hydrogen-bond donors (Lipinski definition) is 2. The van der Waals surface area contributed by atoms with Crippen molar-refractivity contribution in [2.24, 2.45) is 0 Å². The normalized spacial score (nSPS) is 16.4. The van der Waals surface area contributed by atoms with Crippen molar-refractivity contribution in [3.05, 3.63) is 11.1 Å². The molecule has 0 aromatic rings. The van der Waals surface area contributed by atoms with Crippen LogP contribution in [0.3, 0.4) is 0 Å². The number of hydrogen-bond acceptors (Lipinski definition) is 3. The van der Waals surface area contributed by atoms with E-state index in [-0.39, 0.29) is 18.7 Å². The van der Waals surface area contributed by atoms with Crippen LogP contribution in [0.5, 0.6) is 0 Å². The molecule has 1 fully saturated rings. The maximum Gasteiger partial charge on any atom is 0.329 e. The second kappa shape index (κ2) is 7.38. The number of piperidine rings is 1. The molecule has 1 rings (SSSR count). The zero-order valence-corrected chi connectivity index (χ0v) is 11.6. The summed E-state index contributed by atoms with van der Waals surface area (Å²) in [6.45, 7) is 4.90. The number of carbonyl (C=O) groups excluding carboxylic acids is 1. The van der Waals surface area contributed by atoms with Crippen LogP contribution in [0.15, 0.2) is 11.1 Å². The third-order valence-corrected chi connectivity index (χ3v) is 2.88. The Labute approximate surface area is 114 Å². The molecular formula is C11H17BrN2O4. The SMILES string of the molecule is C=C(Br)CNC(=O)N1CCC(OCC(=O)O)CC1. The molecule has 1 saturated heterocycles. The van der Waals surface area contributed by atoms with E-state index in [0.29, 0.717) is 32.5 Å². The fourth-order valence-corrected chi connectivity index (χ4v) is 1.84. The Morgan fingerprint density at radius 3 is 2.56 bits per heavy atom. The van der Waals surface area contributed by atoms with Crippen molar-refractivity contribution in [3.8, 4) is 0 Å². The van der Waals surface area contributed by atoms with Gasteiger partial charge in [0.25, 0.3) is 0 Å². The number of nitrogens with one attached hydrogen (secondary N) is 1. The molecule has 1 aliphatic heterocycles. The first-order chi connectivity index (χ1) is 8.49. The lowest BCUT2D eigenvalue weighted by molar-refractivity contribution is -0.145. The number of aliphatic carboxylic acids is 1. The van der Waals surface area contributed by atoms with E-state index in [4.69, 9.17) is 9.84 Å². The van der Waals surface area contributed by atoms with Gasteiger partial charge >= 0.3 is 12.0 Å². The molecule has 102 valence electrons. The van der Waals surface area contributed by atoms with Crippen LogP contribution in [0.25, 0.3) is 0 Å². The van der Waals surface area contributed by atoms with Gasteiger partial charge in [0.05, 0.1) is 12.6 Å². The molecular weight excluding hydrogens is 304 g/mol. The van der Waals surface area contributed by atoms with Crippen molar-refractivity contribution in [1.82, 2.24) is 10.2 Å². The maximum absolute atomic E-state index is 11.7. The van der Waals surface area contributed by atoms with Crippen LogP contribution in [0.4, 0.5) is 4.79 Å². The van der Waals surface area contributed by atoms with Crippen molar-refractivity contribution in [2.45, 2.75) is 18.9 Å². The summed E-state index contributed by atoms with van der Waals surface area (Å²) in [5.41, 5.74) is 0. The number of carbonyl (C=O) groups is 2. The lowest BCUT2D eigenvalue weighted by Gasteiger charge is -2.31. The summed E-state index contributed by atoms with van der Waals surface area (Å²) in [5, 5.41) is 11.2. The van der Waals surface area contributed by atoms with Crippen molar-refractivity contribution in [3.63, 3.8) is 0 Å². The minimum Gasteiger partial charge on any atom is -0.480 e. The smallest absolute Gasteiger partial charge is 0.329 e. The third-order valence-electron chi connectivity index (χ3n) is 2.60. The molecule has 0 radical (unpaired) electrons. The summed E-state index contributed by atoms with van der Waals surface area (Å²) in [5.74, 6) is -0.967. The highest BCUT2D eigenvalue weighted by molar-refractivity contribution is 9.11. The van der Waals surface area contributed by atoms with Crippen molar-refractivity contribution in [1.29, 1.82) is 0 Å². The number of rotatable bonds is 5. The standard InChI is InChI=1S/C11H17BrN2O4/c1-8(12)6-13-11(17)14-4-2-9(3-5-14)18-7-10(15)16/h9H,1-7H2,(H,13,17)(H,15,16). The van der Waals surface area contributed by atoms with Gasteiger partial charge in [0.15, 0.2) is 0 Å². The molecule has 1 heterocycles. The van der Waals surface area contributed by atoms with Crippen LogP contribution < -0.4 is 5.32 Å². The molecule has 6 nitrogen and oxygen atoms in total. The van der Waals surface area contributed by atoms with E-state index in [9.17, 15) is 9.59 Å². The number of urea groups is 1. The minimum atomic E-state index is -0.967. The molecule has 0 unspecified atom stereocenters. The molecule has 0 atom stereocenters. The Balaban J connectivity index is 2.24. The van der Waals surface area contributed by atoms with Gasteiger partial charge in [-0.05, 0) is 12.8 Å². The topological polar surface area (TPSA) is 78.9 Å². The average molecular weight is 321 g/mol. The molecule has 2 amide bonds. The predicted molar refractivity (Wildman–Crippen MR) is 69.6 cm³/mol. The Hall–Kier alpha value is -1.08. The summed E-state index contributed by atoms with van der Waals surface area (Å²) >= 11 is 3.17. The number of carboxylic acid groups (broad SMARTS) is 1. The van der Waals surface area contributed by atoms with Gasteiger partial charge in [-0.1, -0.05) is 22.5 Å². The third kappa shape index (κ3) is 5.50. The number of ether oxygens (including phenoxy) is 1. The van der Waals surface area contributed by atoms with E-state index >= 15 is 0 Å². The molecule has 0 bridgehead atoms. The van der Waals surface area contributed by atoms with Crippen LogP contribution in [-0.4, -0.2) is 54.4 Å². The summed E-state index contributed by atoms with van der Waals surface area (Å²) in [4.78, 5) is 23.7. The van der Waals surface area contributed by atoms with E-state index in [1.807, 2.05) is 0 Å². The molecule has 18 heavy (non-hydrogen) atoms. The molecule has 0 aliphatic carbocycles. The van der Waals surface area contributed by atoms with Gasteiger partial charge in [0.2, 0.25) is 0 Å². The highest BCUT2D eigenvalue weighted by Gasteiger charge is 2.23. The zero-order valence-electron chi connectivity index (χ0n) is 10.0. The fraction of sp³-hybridized carbons (Fsp3) is 0.636. The maximum atomic E-state index is 11.7. The van der Waals surface area contributed by atoms with Crippen molar-refractivity contribution >= 4 is 27.9 Å². The molecule has 0 aromatic carbocycles. The van der Waals surface area contributed by atoms with E-state index in [0.717, 1.165) is 4.48 Å². The van der Waals surface area contributed by atoms with Crippen molar-refractivity contribution in [2.75, 3.05) is 26.2 Å².